The first-order valence-corrected chi connectivity index (χ1v) is 14.0. The molecule has 2 aromatic carbocycles. The van der Waals surface area contributed by atoms with Gasteiger partial charge in [0.25, 0.3) is 0 Å². The Morgan fingerprint density at radius 3 is 2.29 bits per heavy atom. The van der Waals surface area contributed by atoms with Gasteiger partial charge in [-0.2, -0.15) is 0 Å². The number of hydrogen-bond donors (Lipinski definition) is 0. The predicted octanol–water partition coefficient (Wildman–Crippen LogP) is 9.25. The maximum Gasteiger partial charge on any atom is 0.220 e. The number of aromatic nitrogens is 1. The van der Waals surface area contributed by atoms with Crippen molar-refractivity contribution in [3.8, 4) is 11.3 Å². The number of fused-ring (bicyclic) bond motifs is 1. The number of pyridine rings is 1. The summed E-state index contributed by atoms with van der Waals surface area (Å²) in [7, 11) is 1.99. The molecule has 0 spiro atoms. The zero-order valence-electron chi connectivity index (χ0n) is 23.8. The van der Waals surface area contributed by atoms with Crippen molar-refractivity contribution < 1.29 is 7.31 Å². The van der Waals surface area contributed by atoms with Crippen molar-refractivity contribution in [3.05, 3.63) is 64.8 Å². The molecule has 5 rings (SSSR count). The lowest BCUT2D eigenvalue weighted by Crippen LogP contribution is -2.31. The summed E-state index contributed by atoms with van der Waals surface area (Å²) in [6.07, 6.45) is 14.7. The molecule has 2 fully saturated rings. The van der Waals surface area contributed by atoms with Crippen LogP contribution in [0, 0.1) is 6.92 Å². The van der Waals surface area contributed by atoms with Gasteiger partial charge in [-0.1, -0.05) is 70.6 Å². The quantitative estimate of drug-likeness (QED) is 0.337. The smallest absolute Gasteiger partial charge is 0.200 e. The second-order valence-electron chi connectivity index (χ2n) is 11.2. The first-order chi connectivity index (χ1) is 17.4. The summed E-state index contributed by atoms with van der Waals surface area (Å²) in [6, 6.07) is 12.1. The lowest BCUT2D eigenvalue weighted by Gasteiger charge is -2.28. The highest BCUT2D eigenvalue weighted by Crippen LogP contribution is 2.42. The van der Waals surface area contributed by atoms with Gasteiger partial charge < -0.3 is 0 Å². The molecule has 180 valence electrons. The van der Waals surface area contributed by atoms with E-state index in [1.165, 1.54) is 86.5 Å². The van der Waals surface area contributed by atoms with Crippen molar-refractivity contribution in [2.75, 3.05) is 0 Å². The van der Waals surface area contributed by atoms with E-state index in [4.69, 9.17) is 2.74 Å². The third kappa shape index (κ3) is 4.56. The molecule has 1 unspecified atom stereocenters. The van der Waals surface area contributed by atoms with Crippen molar-refractivity contribution in [2.24, 2.45) is 7.05 Å². The summed E-state index contributed by atoms with van der Waals surface area (Å²) < 4.78 is 19.7. The van der Waals surface area contributed by atoms with Gasteiger partial charge >= 0.3 is 0 Å². The summed E-state index contributed by atoms with van der Waals surface area (Å²) in [5.74, 6) is 1.76. The van der Waals surface area contributed by atoms with Gasteiger partial charge in [-0.25, -0.2) is 4.57 Å². The van der Waals surface area contributed by atoms with E-state index in [9.17, 15) is 0 Å². The van der Waals surface area contributed by atoms with Crippen LogP contribution in [0.5, 0.6) is 0 Å². The van der Waals surface area contributed by atoms with Crippen LogP contribution in [-0.2, 0) is 7.05 Å². The maximum absolute atomic E-state index is 8.88. The van der Waals surface area contributed by atoms with E-state index < -0.39 is 0 Å². The zero-order chi connectivity index (χ0) is 25.4. The van der Waals surface area contributed by atoms with Gasteiger partial charge in [-0.05, 0) is 96.6 Å². The minimum absolute atomic E-state index is 0.306. The van der Waals surface area contributed by atoms with Crippen molar-refractivity contribution >= 4 is 10.8 Å². The Morgan fingerprint density at radius 1 is 0.941 bits per heavy atom. The van der Waals surface area contributed by atoms with Crippen LogP contribution in [0.25, 0.3) is 22.0 Å². The number of hydrogen-bond acceptors (Lipinski definition) is 0. The highest BCUT2D eigenvalue weighted by atomic mass is 14.9. The summed E-state index contributed by atoms with van der Waals surface area (Å²) in [4.78, 5) is 0. The molecular weight excluding hydrogens is 410 g/mol. The fourth-order valence-corrected chi connectivity index (χ4v) is 6.64. The molecule has 1 aromatic heterocycles. The SMILES string of the molecule is [2H]c1c([2H])[n+](C)c(-c2cc(C3CCCCC3)cc(C3CCCCC3)c2C)c2ccc(C(C)CC)cc12. The molecule has 2 saturated carbocycles. The average molecular weight is 457 g/mol. The highest BCUT2D eigenvalue weighted by Gasteiger charge is 2.26. The molecule has 0 bridgehead atoms. The topological polar surface area (TPSA) is 3.88 Å². The summed E-state index contributed by atoms with van der Waals surface area (Å²) >= 11 is 0. The van der Waals surface area contributed by atoms with Gasteiger partial charge in [0.1, 0.15) is 8.42 Å². The maximum atomic E-state index is 8.88. The van der Waals surface area contributed by atoms with Crippen molar-refractivity contribution in [3.63, 3.8) is 0 Å². The van der Waals surface area contributed by atoms with Gasteiger partial charge in [0.15, 0.2) is 6.17 Å². The third-order valence-electron chi connectivity index (χ3n) is 9.02. The minimum atomic E-state index is 0.306. The Hall–Kier alpha value is -2.15. The van der Waals surface area contributed by atoms with Crippen LogP contribution < -0.4 is 4.57 Å². The first kappa shape index (κ1) is 21.2. The molecule has 0 aliphatic heterocycles. The van der Waals surface area contributed by atoms with Gasteiger partial charge in [-0.15, -0.1) is 0 Å². The highest BCUT2D eigenvalue weighted by molar-refractivity contribution is 5.94. The third-order valence-corrected chi connectivity index (χ3v) is 9.02. The summed E-state index contributed by atoms with van der Waals surface area (Å²) in [6.45, 7) is 6.79. The van der Waals surface area contributed by atoms with Crippen molar-refractivity contribution in [2.45, 2.75) is 109 Å². The molecule has 1 nitrogen and oxygen atoms in total. The Kier molecular flexibility index (Phi) is 6.36. The predicted molar refractivity (Wildman–Crippen MR) is 146 cm³/mol. The van der Waals surface area contributed by atoms with E-state index in [1.54, 1.807) is 5.56 Å². The Labute approximate surface area is 210 Å². The molecule has 0 N–H and O–H groups in total. The molecule has 1 heterocycles. The summed E-state index contributed by atoms with van der Waals surface area (Å²) in [5, 5.41) is 2.04. The van der Waals surface area contributed by atoms with Crippen LogP contribution in [0.15, 0.2) is 42.5 Å². The van der Waals surface area contributed by atoms with Crippen LogP contribution in [0.1, 0.15) is 127 Å². The Balaban J connectivity index is 1.76. The van der Waals surface area contributed by atoms with E-state index >= 15 is 0 Å². The normalized spacial score (nSPS) is 19.8. The standard InChI is InChI=1S/C33H44N/c1-5-23(2)27-16-17-30-28(20-27)18-19-34(4)33(30)32-22-29(25-12-8-6-9-13-25)21-31(24(32)3)26-14-10-7-11-15-26/h16-23,25-26H,5-15H2,1-4H3/q+1/i18D,19D. The second kappa shape index (κ2) is 10.2. The molecule has 3 aromatic rings. The first-order valence-electron chi connectivity index (χ1n) is 15.0. The van der Waals surface area contributed by atoms with Crippen LogP contribution >= 0.6 is 0 Å². The van der Waals surface area contributed by atoms with Gasteiger partial charge in [-0.3, -0.25) is 0 Å². The minimum Gasteiger partial charge on any atom is -0.200 e. The molecule has 0 amide bonds. The Morgan fingerprint density at radius 2 is 1.62 bits per heavy atom. The van der Waals surface area contributed by atoms with E-state index in [0.717, 1.165) is 22.9 Å². The van der Waals surface area contributed by atoms with E-state index in [-0.39, 0.29) is 0 Å². The molecule has 0 saturated heterocycles. The lowest BCUT2D eigenvalue weighted by atomic mass is 9.76. The van der Waals surface area contributed by atoms with Gasteiger partial charge in [0.05, 0.1) is 12.3 Å². The van der Waals surface area contributed by atoms with Crippen LogP contribution in [0.4, 0.5) is 0 Å². The van der Waals surface area contributed by atoms with Gasteiger partial charge in [0, 0.05) is 6.04 Å². The Bertz CT molecular complexity index is 1250. The number of nitrogens with zero attached hydrogens (tertiary/aromatic N) is 1. The molecule has 2 aliphatic carbocycles. The zero-order valence-corrected chi connectivity index (χ0v) is 21.8. The number of benzene rings is 2. The largest absolute Gasteiger partial charge is 0.220 e. The van der Waals surface area contributed by atoms with Gasteiger partial charge in [0.2, 0.25) is 5.69 Å². The monoisotopic (exact) mass is 456 g/mol. The van der Waals surface area contributed by atoms with E-state index in [2.05, 4.69) is 51.1 Å². The molecule has 1 atom stereocenters. The van der Waals surface area contributed by atoms with Crippen molar-refractivity contribution in [1.29, 1.82) is 0 Å². The van der Waals surface area contributed by atoms with Crippen LogP contribution in [0.2, 0.25) is 0 Å². The molecule has 2 aliphatic rings. The fraction of sp³-hybridized carbons (Fsp3) is 0.545. The van der Waals surface area contributed by atoms with E-state index in [1.807, 2.05) is 11.6 Å². The van der Waals surface area contributed by atoms with Crippen LogP contribution in [-0.4, -0.2) is 0 Å². The molecule has 0 radical (unpaired) electrons. The van der Waals surface area contributed by atoms with Crippen LogP contribution in [0.3, 0.4) is 0 Å². The molecule has 1 heteroatoms. The van der Waals surface area contributed by atoms with E-state index in [0.29, 0.717) is 30.0 Å². The number of rotatable bonds is 5. The molecular formula is C33H44N+. The lowest BCUT2D eigenvalue weighted by molar-refractivity contribution is -0.659. The summed E-state index contributed by atoms with van der Waals surface area (Å²) in [5.41, 5.74) is 8.14. The fourth-order valence-electron chi connectivity index (χ4n) is 6.64. The second-order valence-corrected chi connectivity index (χ2v) is 11.2. The molecule has 34 heavy (non-hydrogen) atoms. The average Bonchev–Trinajstić information content (AvgIpc) is 2.93. The van der Waals surface area contributed by atoms with Crippen molar-refractivity contribution in [1.82, 2.24) is 0 Å².